The molecule has 2 rings (SSSR count). The van der Waals surface area contributed by atoms with Gasteiger partial charge in [-0.05, 0) is 38.2 Å². The third-order valence-corrected chi connectivity index (χ3v) is 3.70. The molecule has 1 heterocycles. The van der Waals surface area contributed by atoms with E-state index in [0.717, 1.165) is 32.3 Å². The predicted octanol–water partition coefficient (Wildman–Crippen LogP) is 2.52. The quantitative estimate of drug-likeness (QED) is 0.844. The standard InChI is InChI=1S/C14H21NO/c1-12-14(15,10-11-16-12)9-5-8-13-6-3-2-4-7-13/h2-4,6-7,12H,5,8-11,15H2,1H3. The second kappa shape index (κ2) is 4.98. The Balaban J connectivity index is 1.80. The predicted molar refractivity (Wildman–Crippen MR) is 66.3 cm³/mol. The molecule has 0 amide bonds. The van der Waals surface area contributed by atoms with E-state index in [2.05, 4.69) is 37.3 Å². The van der Waals surface area contributed by atoms with Gasteiger partial charge in [-0.1, -0.05) is 30.3 Å². The molecular weight excluding hydrogens is 198 g/mol. The minimum atomic E-state index is -0.0885. The maximum absolute atomic E-state index is 6.34. The number of benzene rings is 1. The first-order chi connectivity index (χ1) is 7.71. The summed E-state index contributed by atoms with van der Waals surface area (Å²) in [6.45, 7) is 2.92. The number of ether oxygens (including phenoxy) is 1. The zero-order valence-electron chi connectivity index (χ0n) is 9.99. The third kappa shape index (κ3) is 2.63. The van der Waals surface area contributed by atoms with Crippen LogP contribution in [0.5, 0.6) is 0 Å². The summed E-state index contributed by atoms with van der Waals surface area (Å²) in [6.07, 6.45) is 4.54. The largest absolute Gasteiger partial charge is 0.377 e. The van der Waals surface area contributed by atoms with Gasteiger partial charge in [-0.15, -0.1) is 0 Å². The summed E-state index contributed by atoms with van der Waals surface area (Å²) < 4.78 is 5.55. The van der Waals surface area contributed by atoms with E-state index in [1.54, 1.807) is 0 Å². The van der Waals surface area contributed by atoms with Crippen molar-refractivity contribution in [3.8, 4) is 0 Å². The molecule has 1 aromatic rings. The van der Waals surface area contributed by atoms with E-state index in [-0.39, 0.29) is 11.6 Å². The van der Waals surface area contributed by atoms with Gasteiger partial charge in [0.2, 0.25) is 0 Å². The van der Waals surface area contributed by atoms with Crippen molar-refractivity contribution in [2.75, 3.05) is 6.61 Å². The number of nitrogens with two attached hydrogens (primary N) is 1. The number of rotatable bonds is 4. The summed E-state index contributed by atoms with van der Waals surface area (Å²) in [4.78, 5) is 0. The fourth-order valence-electron chi connectivity index (χ4n) is 2.39. The first-order valence-electron chi connectivity index (χ1n) is 6.15. The van der Waals surface area contributed by atoms with E-state index in [1.165, 1.54) is 5.56 Å². The van der Waals surface area contributed by atoms with E-state index in [9.17, 15) is 0 Å². The lowest BCUT2D eigenvalue weighted by Crippen LogP contribution is -2.45. The van der Waals surface area contributed by atoms with Crippen LogP contribution in [0.15, 0.2) is 30.3 Å². The van der Waals surface area contributed by atoms with Crippen LogP contribution < -0.4 is 5.73 Å². The Hall–Kier alpha value is -0.860. The van der Waals surface area contributed by atoms with Gasteiger partial charge in [0.05, 0.1) is 6.10 Å². The van der Waals surface area contributed by atoms with Crippen LogP contribution in [0.4, 0.5) is 0 Å². The Labute approximate surface area is 97.8 Å². The molecule has 16 heavy (non-hydrogen) atoms. The van der Waals surface area contributed by atoms with Crippen LogP contribution in [0.3, 0.4) is 0 Å². The van der Waals surface area contributed by atoms with Gasteiger partial charge in [0.1, 0.15) is 0 Å². The third-order valence-electron chi connectivity index (χ3n) is 3.70. The molecule has 1 aliphatic rings. The lowest BCUT2D eigenvalue weighted by molar-refractivity contribution is 0.0923. The highest BCUT2D eigenvalue weighted by molar-refractivity contribution is 5.14. The minimum absolute atomic E-state index is 0.0885. The molecule has 0 aromatic heterocycles. The van der Waals surface area contributed by atoms with Crippen LogP contribution in [0.25, 0.3) is 0 Å². The van der Waals surface area contributed by atoms with E-state index in [4.69, 9.17) is 10.5 Å². The van der Waals surface area contributed by atoms with Gasteiger partial charge >= 0.3 is 0 Å². The van der Waals surface area contributed by atoms with Crippen LogP contribution >= 0.6 is 0 Å². The topological polar surface area (TPSA) is 35.2 Å². The molecule has 1 aromatic carbocycles. The maximum atomic E-state index is 6.34. The molecule has 0 bridgehead atoms. The van der Waals surface area contributed by atoms with Crippen molar-refractivity contribution in [1.82, 2.24) is 0 Å². The number of aryl methyl sites for hydroxylation is 1. The van der Waals surface area contributed by atoms with Crippen LogP contribution in [0.2, 0.25) is 0 Å². The molecule has 2 nitrogen and oxygen atoms in total. The van der Waals surface area contributed by atoms with E-state index in [0.29, 0.717) is 0 Å². The molecule has 2 N–H and O–H groups in total. The lowest BCUT2D eigenvalue weighted by atomic mass is 9.87. The van der Waals surface area contributed by atoms with Gasteiger partial charge in [-0.2, -0.15) is 0 Å². The summed E-state index contributed by atoms with van der Waals surface area (Å²) in [5.41, 5.74) is 7.65. The molecule has 1 aliphatic heterocycles. The summed E-state index contributed by atoms with van der Waals surface area (Å²) in [5.74, 6) is 0. The molecule has 88 valence electrons. The Morgan fingerprint density at radius 3 is 2.75 bits per heavy atom. The fraction of sp³-hybridized carbons (Fsp3) is 0.571. The molecule has 0 aliphatic carbocycles. The molecule has 0 radical (unpaired) electrons. The zero-order chi connectivity index (χ0) is 11.4. The summed E-state index contributed by atoms with van der Waals surface area (Å²) in [5, 5.41) is 0. The molecule has 0 saturated carbocycles. The number of hydrogen-bond donors (Lipinski definition) is 1. The van der Waals surface area contributed by atoms with Crippen molar-refractivity contribution in [2.45, 2.75) is 44.2 Å². The van der Waals surface area contributed by atoms with Gasteiger partial charge in [0, 0.05) is 12.1 Å². The molecule has 1 saturated heterocycles. The molecule has 2 heteroatoms. The summed E-state index contributed by atoms with van der Waals surface area (Å²) in [7, 11) is 0. The Morgan fingerprint density at radius 2 is 2.12 bits per heavy atom. The van der Waals surface area contributed by atoms with Crippen LogP contribution in [-0.2, 0) is 11.2 Å². The highest BCUT2D eigenvalue weighted by Crippen LogP contribution is 2.28. The highest BCUT2D eigenvalue weighted by atomic mass is 16.5. The van der Waals surface area contributed by atoms with E-state index >= 15 is 0 Å². The average Bonchev–Trinajstić information content (AvgIpc) is 2.61. The molecule has 2 unspecified atom stereocenters. The van der Waals surface area contributed by atoms with E-state index in [1.807, 2.05) is 0 Å². The van der Waals surface area contributed by atoms with Crippen molar-refractivity contribution in [3.63, 3.8) is 0 Å². The maximum Gasteiger partial charge on any atom is 0.0727 e. The van der Waals surface area contributed by atoms with Gasteiger partial charge in [-0.25, -0.2) is 0 Å². The minimum Gasteiger partial charge on any atom is -0.377 e. The molecule has 2 atom stereocenters. The average molecular weight is 219 g/mol. The van der Waals surface area contributed by atoms with Crippen molar-refractivity contribution in [1.29, 1.82) is 0 Å². The first-order valence-corrected chi connectivity index (χ1v) is 6.15. The smallest absolute Gasteiger partial charge is 0.0727 e. The molecular formula is C14H21NO. The van der Waals surface area contributed by atoms with Crippen molar-refractivity contribution in [2.24, 2.45) is 5.73 Å². The van der Waals surface area contributed by atoms with Crippen LogP contribution in [-0.4, -0.2) is 18.2 Å². The highest BCUT2D eigenvalue weighted by Gasteiger charge is 2.36. The Morgan fingerprint density at radius 1 is 1.38 bits per heavy atom. The van der Waals surface area contributed by atoms with Crippen LogP contribution in [0, 0.1) is 0 Å². The normalized spacial score (nSPS) is 29.5. The van der Waals surface area contributed by atoms with Crippen molar-refractivity contribution < 1.29 is 4.74 Å². The molecule has 0 spiro atoms. The second-order valence-electron chi connectivity index (χ2n) is 4.84. The Bertz CT molecular complexity index is 325. The van der Waals surface area contributed by atoms with Crippen LogP contribution in [0.1, 0.15) is 31.7 Å². The summed E-state index contributed by atoms with van der Waals surface area (Å²) >= 11 is 0. The van der Waals surface area contributed by atoms with Gasteiger partial charge in [-0.3, -0.25) is 0 Å². The first kappa shape index (κ1) is 11.6. The van der Waals surface area contributed by atoms with Crippen molar-refractivity contribution in [3.05, 3.63) is 35.9 Å². The Kier molecular flexibility index (Phi) is 3.62. The van der Waals surface area contributed by atoms with Gasteiger partial charge in [0.25, 0.3) is 0 Å². The summed E-state index contributed by atoms with van der Waals surface area (Å²) in [6, 6.07) is 10.6. The zero-order valence-corrected chi connectivity index (χ0v) is 9.99. The monoisotopic (exact) mass is 219 g/mol. The van der Waals surface area contributed by atoms with Crippen molar-refractivity contribution >= 4 is 0 Å². The van der Waals surface area contributed by atoms with Gasteiger partial charge in [0.15, 0.2) is 0 Å². The van der Waals surface area contributed by atoms with Gasteiger partial charge < -0.3 is 10.5 Å². The molecule has 1 fully saturated rings. The fourth-order valence-corrected chi connectivity index (χ4v) is 2.39. The lowest BCUT2D eigenvalue weighted by Gasteiger charge is -2.27. The second-order valence-corrected chi connectivity index (χ2v) is 4.84. The number of hydrogen-bond acceptors (Lipinski definition) is 2. The SMILES string of the molecule is CC1OCCC1(N)CCCc1ccccc1. The van der Waals surface area contributed by atoms with E-state index < -0.39 is 0 Å².